The summed E-state index contributed by atoms with van der Waals surface area (Å²) in [5, 5.41) is 71.5. The van der Waals surface area contributed by atoms with Crippen LogP contribution >= 0.6 is 0 Å². The van der Waals surface area contributed by atoms with E-state index in [1.807, 2.05) is 20.8 Å². The molecule has 1 aliphatic heterocycles. The maximum absolute atomic E-state index is 12.1. The molecule has 1 aliphatic carbocycles. The lowest BCUT2D eigenvalue weighted by Gasteiger charge is -2.50. The van der Waals surface area contributed by atoms with Gasteiger partial charge in [0.25, 0.3) is 0 Å². The fraction of sp³-hybridized carbons (Fsp3) is 0.607. The van der Waals surface area contributed by atoms with Crippen LogP contribution in [0.15, 0.2) is 36.4 Å². The van der Waals surface area contributed by atoms with Gasteiger partial charge in [0.1, 0.15) is 31.0 Å². The summed E-state index contributed by atoms with van der Waals surface area (Å²) >= 11 is 0. The van der Waals surface area contributed by atoms with Crippen LogP contribution in [0.4, 0.5) is 0 Å². The second-order valence-electron chi connectivity index (χ2n) is 11.1. The quantitative estimate of drug-likeness (QED) is 0.105. The minimum Gasteiger partial charge on any atom is -0.504 e. The molecule has 1 aromatic rings. The van der Waals surface area contributed by atoms with Gasteiger partial charge in [0.2, 0.25) is 0 Å². The second-order valence-corrected chi connectivity index (χ2v) is 11.1. The van der Waals surface area contributed by atoms with Crippen LogP contribution in [0.25, 0.3) is 6.08 Å². The summed E-state index contributed by atoms with van der Waals surface area (Å²) in [5.41, 5.74) is -1.39. The molecule has 0 radical (unpaired) electrons. The van der Waals surface area contributed by atoms with Crippen LogP contribution in [0, 0.1) is 11.3 Å². The van der Waals surface area contributed by atoms with Crippen molar-refractivity contribution in [2.24, 2.45) is 11.3 Å². The Labute approximate surface area is 227 Å². The molecule has 0 aromatic heterocycles. The molecule has 9 atom stereocenters. The van der Waals surface area contributed by atoms with Crippen molar-refractivity contribution in [3.63, 3.8) is 0 Å². The number of hydrogen-bond donors (Lipinski definition) is 7. The SMILES string of the molecule is C[C@H](/C=C/[C@@]1(O)[C@H](C)C[C@H](O)CC1(C)C)O[C@@H]1O[C@H](COC(=O)/C=C/c2ccc(O)c(O)c2)[C@@H](O)[C@H](O)[C@H]1O. The molecule has 2 aliphatic rings. The molecule has 2 fully saturated rings. The predicted octanol–water partition coefficient (Wildman–Crippen LogP) is 0.971. The molecule has 1 saturated carbocycles. The predicted molar refractivity (Wildman–Crippen MR) is 139 cm³/mol. The molecule has 0 unspecified atom stereocenters. The van der Waals surface area contributed by atoms with Crippen LogP contribution in [0.5, 0.6) is 11.5 Å². The highest BCUT2D eigenvalue weighted by molar-refractivity contribution is 5.87. The molecule has 1 aromatic carbocycles. The van der Waals surface area contributed by atoms with Crippen molar-refractivity contribution in [2.45, 2.75) is 89.1 Å². The van der Waals surface area contributed by atoms with Crippen LogP contribution in [-0.4, -0.2) is 96.8 Å². The van der Waals surface area contributed by atoms with E-state index in [0.717, 1.165) is 6.08 Å². The fourth-order valence-electron chi connectivity index (χ4n) is 5.21. The number of hydrogen-bond acceptors (Lipinski definition) is 11. The van der Waals surface area contributed by atoms with Crippen LogP contribution in [0.3, 0.4) is 0 Å². The number of phenolic OH excluding ortho intramolecular Hbond substituents is 2. The molecule has 1 heterocycles. The van der Waals surface area contributed by atoms with Crippen molar-refractivity contribution in [3.05, 3.63) is 42.0 Å². The van der Waals surface area contributed by atoms with Gasteiger partial charge < -0.3 is 50.0 Å². The summed E-state index contributed by atoms with van der Waals surface area (Å²) in [5.74, 6) is -1.67. The van der Waals surface area contributed by atoms with E-state index < -0.39 is 66.5 Å². The molecule has 1 saturated heterocycles. The lowest BCUT2D eigenvalue weighted by molar-refractivity contribution is -0.306. The van der Waals surface area contributed by atoms with Crippen molar-refractivity contribution in [2.75, 3.05) is 6.61 Å². The van der Waals surface area contributed by atoms with Gasteiger partial charge in [0.05, 0.1) is 17.8 Å². The van der Waals surface area contributed by atoms with E-state index in [4.69, 9.17) is 14.2 Å². The first-order valence-electron chi connectivity index (χ1n) is 13.0. The Morgan fingerprint density at radius 3 is 2.46 bits per heavy atom. The third-order valence-corrected chi connectivity index (χ3v) is 7.65. The molecule has 39 heavy (non-hydrogen) atoms. The highest BCUT2D eigenvalue weighted by Crippen LogP contribution is 2.48. The number of carbonyl (C=O) groups is 1. The molecule has 3 rings (SSSR count). The lowest BCUT2D eigenvalue weighted by Crippen LogP contribution is -2.59. The summed E-state index contributed by atoms with van der Waals surface area (Å²) in [6.45, 7) is 6.82. The van der Waals surface area contributed by atoms with Crippen molar-refractivity contribution in [3.8, 4) is 11.5 Å². The third kappa shape index (κ3) is 7.17. The van der Waals surface area contributed by atoms with Crippen molar-refractivity contribution in [1.29, 1.82) is 0 Å². The molecule has 0 amide bonds. The van der Waals surface area contributed by atoms with Gasteiger partial charge in [-0.1, -0.05) is 39.0 Å². The minimum atomic E-state index is -1.64. The van der Waals surface area contributed by atoms with Gasteiger partial charge in [-0.3, -0.25) is 0 Å². The molecular weight excluding hydrogens is 512 g/mol. The van der Waals surface area contributed by atoms with E-state index in [2.05, 4.69) is 0 Å². The largest absolute Gasteiger partial charge is 0.504 e. The normalized spacial score (nSPS) is 35.8. The van der Waals surface area contributed by atoms with Gasteiger partial charge in [-0.05, 0) is 54.9 Å². The number of ether oxygens (including phenoxy) is 3. The van der Waals surface area contributed by atoms with Crippen LogP contribution in [-0.2, 0) is 19.0 Å². The molecule has 7 N–H and O–H groups in total. The highest BCUT2D eigenvalue weighted by atomic mass is 16.7. The number of phenols is 2. The molecule has 218 valence electrons. The molecular formula is C28H40O11. The van der Waals surface area contributed by atoms with Crippen molar-refractivity contribution in [1.82, 2.24) is 0 Å². The summed E-state index contributed by atoms with van der Waals surface area (Å²) in [7, 11) is 0. The van der Waals surface area contributed by atoms with Gasteiger partial charge in [0.15, 0.2) is 17.8 Å². The number of aliphatic hydroxyl groups excluding tert-OH is 4. The maximum Gasteiger partial charge on any atom is 0.330 e. The molecule has 0 spiro atoms. The van der Waals surface area contributed by atoms with E-state index in [1.165, 1.54) is 24.3 Å². The van der Waals surface area contributed by atoms with E-state index in [-0.39, 0.29) is 17.4 Å². The topological polar surface area (TPSA) is 186 Å². The Morgan fingerprint density at radius 1 is 1.13 bits per heavy atom. The Bertz CT molecular complexity index is 1050. The fourth-order valence-corrected chi connectivity index (χ4v) is 5.21. The number of esters is 1. The average molecular weight is 553 g/mol. The first-order valence-corrected chi connectivity index (χ1v) is 13.0. The molecule has 11 nitrogen and oxygen atoms in total. The Balaban J connectivity index is 1.60. The van der Waals surface area contributed by atoms with Gasteiger partial charge in [-0.15, -0.1) is 0 Å². The van der Waals surface area contributed by atoms with Crippen molar-refractivity contribution < 1.29 is 54.8 Å². The van der Waals surface area contributed by atoms with Crippen LogP contribution < -0.4 is 0 Å². The smallest absolute Gasteiger partial charge is 0.330 e. The standard InChI is InChI=1S/C28H40O11/c1-15-11-18(29)13-27(3,4)28(15,36)10-9-16(2)38-26-25(35)24(34)23(33)21(39-26)14-37-22(32)8-6-17-5-7-19(30)20(31)12-17/h5-10,12,15-16,18,21,23-26,29-31,33-36H,11,13-14H2,1-4H3/b8-6+,10-9+/t15-,16-,18+,21-,23-,24+,25-,26-,28-/m1/s1. The second kappa shape index (κ2) is 12.3. The number of benzene rings is 1. The maximum atomic E-state index is 12.1. The zero-order chi connectivity index (χ0) is 29.1. The molecule has 0 bridgehead atoms. The van der Waals surface area contributed by atoms with Gasteiger partial charge >= 0.3 is 5.97 Å². The zero-order valence-corrected chi connectivity index (χ0v) is 22.5. The van der Waals surface area contributed by atoms with Gasteiger partial charge in [-0.25, -0.2) is 4.79 Å². The first-order chi connectivity index (χ1) is 18.1. The van der Waals surface area contributed by atoms with Crippen molar-refractivity contribution >= 4 is 12.0 Å². The third-order valence-electron chi connectivity index (χ3n) is 7.65. The van der Waals surface area contributed by atoms with E-state index >= 15 is 0 Å². The summed E-state index contributed by atoms with van der Waals surface area (Å²) < 4.78 is 16.5. The Kier molecular flexibility index (Phi) is 9.82. The van der Waals surface area contributed by atoms with Gasteiger partial charge in [0, 0.05) is 6.08 Å². The zero-order valence-electron chi connectivity index (χ0n) is 22.5. The van der Waals surface area contributed by atoms with E-state index in [0.29, 0.717) is 18.4 Å². The average Bonchev–Trinajstić information content (AvgIpc) is 2.86. The summed E-state index contributed by atoms with van der Waals surface area (Å²) in [4.78, 5) is 12.1. The Hall–Kier alpha value is -2.51. The highest BCUT2D eigenvalue weighted by Gasteiger charge is 2.50. The molecule has 11 heteroatoms. The minimum absolute atomic E-state index is 0.221. The summed E-state index contributed by atoms with van der Waals surface area (Å²) in [6.07, 6.45) is -2.00. The first kappa shape index (κ1) is 31.0. The number of aliphatic hydroxyl groups is 5. The summed E-state index contributed by atoms with van der Waals surface area (Å²) in [6, 6.07) is 3.98. The van der Waals surface area contributed by atoms with E-state index in [9.17, 15) is 40.5 Å². The van der Waals surface area contributed by atoms with Crippen LogP contribution in [0.1, 0.15) is 46.1 Å². The number of rotatable bonds is 8. The van der Waals surface area contributed by atoms with Crippen LogP contribution in [0.2, 0.25) is 0 Å². The Morgan fingerprint density at radius 2 is 1.82 bits per heavy atom. The number of aromatic hydroxyl groups is 2. The number of carbonyl (C=O) groups excluding carboxylic acids is 1. The van der Waals surface area contributed by atoms with E-state index in [1.54, 1.807) is 19.1 Å². The monoisotopic (exact) mass is 552 g/mol. The van der Waals surface area contributed by atoms with Gasteiger partial charge in [-0.2, -0.15) is 0 Å². The lowest BCUT2D eigenvalue weighted by atomic mass is 9.60.